The number of thiazole rings is 1. The van der Waals surface area contributed by atoms with Crippen LogP contribution in [0.4, 0.5) is 5.13 Å². The molecule has 2 N–H and O–H groups in total. The number of hydrogen-bond donors (Lipinski definition) is 1. The average Bonchev–Trinajstić information content (AvgIpc) is 3.38. The topological polar surface area (TPSA) is 88.7 Å². The number of hydrogen-bond acceptors (Lipinski definition) is 6. The van der Waals surface area contributed by atoms with Gasteiger partial charge in [-0.05, 0) is 53.6 Å². The van der Waals surface area contributed by atoms with Crippen molar-refractivity contribution in [3.8, 4) is 0 Å². The van der Waals surface area contributed by atoms with Crippen molar-refractivity contribution in [2.45, 2.75) is 17.4 Å². The summed E-state index contributed by atoms with van der Waals surface area (Å²) in [5, 5.41) is 14.0. The second kappa shape index (κ2) is 8.13. The molecule has 0 amide bonds. The summed E-state index contributed by atoms with van der Waals surface area (Å²) in [4.78, 5) is 4.76. The predicted octanol–water partition coefficient (Wildman–Crippen LogP) is 5.61. The van der Waals surface area contributed by atoms with E-state index in [0.717, 1.165) is 21.5 Å². The Morgan fingerprint density at radius 2 is 1.62 bits per heavy atom. The highest BCUT2D eigenvalue weighted by Gasteiger charge is 2.32. The zero-order valence-corrected chi connectivity index (χ0v) is 19.6. The van der Waals surface area contributed by atoms with Crippen LogP contribution < -0.4 is 10.1 Å². The molecule has 0 aliphatic carbocycles. The highest BCUT2D eigenvalue weighted by molar-refractivity contribution is 7.89. The molecule has 2 heterocycles. The first kappa shape index (κ1) is 21.4. The van der Waals surface area contributed by atoms with E-state index in [-0.39, 0.29) is 10.9 Å². The second-order valence-electron chi connectivity index (χ2n) is 7.34. The SMILES string of the molecule is NS(=O)(=O)c1ccc2nc(N3N=C(c4ccc(Cl)cc4)CC3c3ccc(Cl)cc3)sc2c1. The van der Waals surface area contributed by atoms with Gasteiger partial charge >= 0.3 is 0 Å². The van der Waals surface area contributed by atoms with E-state index in [1.807, 2.05) is 53.5 Å². The Bertz CT molecular complexity index is 1450. The zero-order valence-electron chi connectivity index (χ0n) is 16.4. The minimum absolute atomic E-state index is 0.0567. The molecule has 162 valence electrons. The summed E-state index contributed by atoms with van der Waals surface area (Å²) in [6, 6.07) is 19.8. The Morgan fingerprint density at radius 3 is 2.28 bits per heavy atom. The van der Waals surface area contributed by atoms with Gasteiger partial charge in [0.05, 0.1) is 26.9 Å². The maximum atomic E-state index is 11.7. The summed E-state index contributed by atoms with van der Waals surface area (Å²) in [6.07, 6.45) is 0.668. The monoisotopic (exact) mass is 502 g/mol. The molecule has 6 nitrogen and oxygen atoms in total. The van der Waals surface area contributed by atoms with Gasteiger partial charge in [-0.15, -0.1) is 0 Å². The van der Waals surface area contributed by atoms with E-state index < -0.39 is 10.0 Å². The standard InChI is InChI=1S/C22H16Cl2N4O2S2/c23-15-5-1-13(2-6-15)19-12-20(14-3-7-16(24)8-4-14)28(27-19)22-26-18-10-9-17(32(25,29)30)11-21(18)31-22/h1-11,20H,12H2,(H2,25,29,30). The number of fused-ring (bicyclic) bond motifs is 1. The lowest BCUT2D eigenvalue weighted by atomic mass is 9.99. The smallest absolute Gasteiger partial charge is 0.231 e. The summed E-state index contributed by atoms with van der Waals surface area (Å²) < 4.78 is 24.2. The highest BCUT2D eigenvalue weighted by atomic mass is 35.5. The quantitative estimate of drug-likeness (QED) is 0.392. The van der Waals surface area contributed by atoms with Gasteiger partial charge in [0.25, 0.3) is 0 Å². The van der Waals surface area contributed by atoms with E-state index in [4.69, 9.17) is 38.4 Å². The van der Waals surface area contributed by atoms with Gasteiger partial charge in [0.15, 0.2) is 0 Å². The van der Waals surface area contributed by atoms with Crippen molar-refractivity contribution in [3.63, 3.8) is 0 Å². The number of halogens is 2. The normalized spacial score (nSPS) is 16.5. The Labute approximate surface area is 199 Å². The van der Waals surface area contributed by atoms with Gasteiger partial charge in [-0.25, -0.2) is 23.5 Å². The average molecular weight is 503 g/mol. The molecule has 0 bridgehead atoms. The van der Waals surface area contributed by atoms with Gasteiger partial charge in [0.2, 0.25) is 15.2 Å². The number of aromatic nitrogens is 1. The zero-order chi connectivity index (χ0) is 22.5. The number of nitrogens with zero attached hydrogens (tertiary/aromatic N) is 3. The number of anilines is 1. The lowest BCUT2D eigenvalue weighted by molar-refractivity contribution is 0.598. The number of sulfonamides is 1. The van der Waals surface area contributed by atoms with E-state index in [1.54, 1.807) is 12.1 Å². The number of primary sulfonamides is 1. The van der Waals surface area contributed by atoms with Gasteiger partial charge in [0.1, 0.15) is 0 Å². The van der Waals surface area contributed by atoms with Crippen LogP contribution in [0.3, 0.4) is 0 Å². The molecule has 0 saturated heterocycles. The molecule has 1 aromatic heterocycles. The summed E-state index contributed by atoms with van der Waals surface area (Å²) in [6.45, 7) is 0. The first-order chi connectivity index (χ1) is 15.3. The third kappa shape index (κ3) is 4.12. The van der Waals surface area contributed by atoms with Crippen molar-refractivity contribution in [2.24, 2.45) is 10.2 Å². The van der Waals surface area contributed by atoms with E-state index in [2.05, 4.69) is 0 Å². The predicted molar refractivity (Wildman–Crippen MR) is 130 cm³/mol. The molecule has 0 saturated carbocycles. The molecule has 5 rings (SSSR count). The van der Waals surface area contributed by atoms with E-state index in [1.165, 1.54) is 17.4 Å². The van der Waals surface area contributed by atoms with Crippen LogP contribution in [0.2, 0.25) is 10.0 Å². The van der Waals surface area contributed by atoms with Crippen molar-refractivity contribution >= 4 is 65.6 Å². The molecule has 0 radical (unpaired) electrons. The number of hydrazone groups is 1. The van der Waals surface area contributed by atoms with E-state index in [9.17, 15) is 8.42 Å². The molecular formula is C22H16Cl2N4O2S2. The molecule has 10 heteroatoms. The van der Waals surface area contributed by atoms with Gasteiger partial charge in [-0.3, -0.25) is 0 Å². The van der Waals surface area contributed by atoms with Crippen LogP contribution in [0, 0.1) is 0 Å². The summed E-state index contributed by atoms with van der Waals surface area (Å²) >= 11 is 13.5. The van der Waals surface area contributed by atoms with Crippen molar-refractivity contribution in [1.29, 1.82) is 0 Å². The van der Waals surface area contributed by atoms with Crippen molar-refractivity contribution in [3.05, 3.63) is 87.9 Å². The summed E-state index contributed by atoms with van der Waals surface area (Å²) in [5.74, 6) is 0. The molecule has 4 aromatic rings. The maximum absolute atomic E-state index is 11.7. The van der Waals surface area contributed by atoms with Gasteiger partial charge in [-0.2, -0.15) is 5.10 Å². The van der Waals surface area contributed by atoms with Crippen LogP contribution >= 0.6 is 34.5 Å². The van der Waals surface area contributed by atoms with Gasteiger partial charge in [-0.1, -0.05) is 58.8 Å². The molecule has 0 spiro atoms. The minimum Gasteiger partial charge on any atom is -0.231 e. The van der Waals surface area contributed by atoms with Crippen LogP contribution in [-0.4, -0.2) is 19.1 Å². The Hall–Kier alpha value is -2.49. The van der Waals surface area contributed by atoms with E-state index in [0.29, 0.717) is 27.1 Å². The van der Waals surface area contributed by atoms with Gasteiger partial charge in [0, 0.05) is 16.5 Å². The summed E-state index contributed by atoms with van der Waals surface area (Å²) in [5.41, 5.74) is 3.62. The molecule has 1 unspecified atom stereocenters. The lowest BCUT2D eigenvalue weighted by Crippen LogP contribution is -2.18. The first-order valence-electron chi connectivity index (χ1n) is 9.59. The Morgan fingerprint density at radius 1 is 0.969 bits per heavy atom. The van der Waals surface area contributed by atoms with Crippen molar-refractivity contribution in [1.82, 2.24) is 4.98 Å². The first-order valence-corrected chi connectivity index (χ1v) is 12.7. The van der Waals surface area contributed by atoms with Crippen LogP contribution in [-0.2, 0) is 10.0 Å². The molecule has 32 heavy (non-hydrogen) atoms. The number of nitrogens with two attached hydrogens (primary N) is 1. The maximum Gasteiger partial charge on any atom is 0.238 e. The molecule has 1 atom stereocenters. The third-order valence-electron chi connectivity index (χ3n) is 5.22. The third-order valence-corrected chi connectivity index (χ3v) is 7.64. The largest absolute Gasteiger partial charge is 0.238 e. The fourth-order valence-electron chi connectivity index (χ4n) is 3.62. The van der Waals surface area contributed by atoms with Crippen LogP contribution in [0.15, 0.2) is 76.7 Å². The van der Waals surface area contributed by atoms with Crippen molar-refractivity contribution < 1.29 is 8.42 Å². The minimum atomic E-state index is -3.80. The fourth-order valence-corrected chi connectivity index (χ4v) is 5.49. The summed E-state index contributed by atoms with van der Waals surface area (Å²) in [7, 11) is -3.80. The van der Waals surface area contributed by atoms with Crippen LogP contribution in [0.1, 0.15) is 23.6 Å². The fraction of sp³-hybridized carbons (Fsp3) is 0.0909. The Balaban J connectivity index is 1.60. The molecule has 0 fully saturated rings. The molecule has 3 aromatic carbocycles. The number of rotatable bonds is 4. The molecule has 1 aliphatic heterocycles. The van der Waals surface area contributed by atoms with E-state index >= 15 is 0 Å². The highest BCUT2D eigenvalue weighted by Crippen LogP contribution is 2.40. The molecular weight excluding hydrogens is 487 g/mol. The Kier molecular flexibility index (Phi) is 5.43. The van der Waals surface area contributed by atoms with Gasteiger partial charge < -0.3 is 0 Å². The van der Waals surface area contributed by atoms with Crippen LogP contribution in [0.5, 0.6) is 0 Å². The second-order valence-corrected chi connectivity index (χ2v) is 10.8. The van der Waals surface area contributed by atoms with Crippen molar-refractivity contribution in [2.75, 3.05) is 5.01 Å². The molecule has 1 aliphatic rings. The lowest BCUT2D eigenvalue weighted by Gasteiger charge is -2.21. The number of benzene rings is 3. The van der Waals surface area contributed by atoms with Crippen LogP contribution in [0.25, 0.3) is 10.2 Å².